The Labute approximate surface area is 199 Å². The number of carbonyl (C=O) groups excluding carboxylic acids is 2. The van der Waals surface area contributed by atoms with Crippen molar-refractivity contribution in [1.82, 2.24) is 4.31 Å². The van der Waals surface area contributed by atoms with Crippen LogP contribution in [-0.4, -0.2) is 37.6 Å². The van der Waals surface area contributed by atoms with Crippen molar-refractivity contribution in [3.63, 3.8) is 0 Å². The van der Waals surface area contributed by atoms with Crippen molar-refractivity contribution >= 4 is 38.2 Å². The van der Waals surface area contributed by atoms with E-state index in [0.29, 0.717) is 22.0 Å². The van der Waals surface area contributed by atoms with E-state index in [1.807, 2.05) is 0 Å². The van der Waals surface area contributed by atoms with Gasteiger partial charge in [-0.25, -0.2) is 8.42 Å². The molecule has 1 aromatic heterocycles. The van der Waals surface area contributed by atoms with Crippen LogP contribution in [0.25, 0.3) is 0 Å². The first-order valence-corrected chi connectivity index (χ1v) is 13.8. The van der Waals surface area contributed by atoms with E-state index in [0.717, 1.165) is 61.8 Å². The van der Waals surface area contributed by atoms with E-state index < -0.39 is 21.8 Å². The maximum absolute atomic E-state index is 13.0. The van der Waals surface area contributed by atoms with Gasteiger partial charge in [-0.15, -0.1) is 11.3 Å². The van der Waals surface area contributed by atoms with Gasteiger partial charge >= 0.3 is 0 Å². The SMILES string of the molecule is CC1CCc2c(sc(NC(=O)c3ccc(S(=O)(=O)N(C)C4CCCCC4)cc3)c2C(N)=O)C1. The van der Waals surface area contributed by atoms with E-state index in [1.54, 1.807) is 7.05 Å². The van der Waals surface area contributed by atoms with Crippen LogP contribution in [0.4, 0.5) is 5.00 Å². The van der Waals surface area contributed by atoms with Crippen molar-refractivity contribution in [2.75, 3.05) is 12.4 Å². The van der Waals surface area contributed by atoms with Crippen molar-refractivity contribution in [3.8, 4) is 0 Å². The highest BCUT2D eigenvalue weighted by Gasteiger charge is 2.30. The number of carbonyl (C=O) groups is 2. The predicted molar refractivity (Wildman–Crippen MR) is 130 cm³/mol. The first-order chi connectivity index (χ1) is 15.7. The summed E-state index contributed by atoms with van der Waals surface area (Å²) in [5.74, 6) is -0.403. The van der Waals surface area contributed by atoms with Crippen LogP contribution in [0.5, 0.6) is 0 Å². The number of nitrogens with zero attached hydrogens (tertiary/aromatic N) is 1. The molecule has 2 aromatic rings. The van der Waals surface area contributed by atoms with Gasteiger partial charge in [0.2, 0.25) is 10.0 Å². The molecule has 1 saturated carbocycles. The number of primary amides is 1. The highest BCUT2D eigenvalue weighted by Crippen LogP contribution is 2.39. The molecule has 9 heteroatoms. The van der Waals surface area contributed by atoms with Crippen LogP contribution in [0.2, 0.25) is 0 Å². The number of nitrogens with two attached hydrogens (primary N) is 1. The van der Waals surface area contributed by atoms with Crippen molar-refractivity contribution in [2.45, 2.75) is 69.2 Å². The standard InChI is InChI=1S/C24H31N3O4S2/c1-15-8-13-19-20(14-15)32-24(21(19)22(25)28)26-23(29)16-9-11-18(12-10-16)33(30,31)27(2)17-6-4-3-5-7-17/h9-12,15,17H,3-8,13-14H2,1-2H3,(H2,25,28)(H,26,29). The van der Waals surface area contributed by atoms with E-state index in [1.165, 1.54) is 39.9 Å². The molecule has 2 aliphatic rings. The Morgan fingerprint density at radius 3 is 2.39 bits per heavy atom. The molecule has 1 atom stereocenters. The van der Waals surface area contributed by atoms with Crippen molar-refractivity contribution in [2.24, 2.45) is 11.7 Å². The fourth-order valence-electron chi connectivity index (χ4n) is 4.86. The lowest BCUT2D eigenvalue weighted by atomic mass is 9.88. The normalized spacial score (nSPS) is 19.3. The quantitative estimate of drug-likeness (QED) is 0.634. The van der Waals surface area contributed by atoms with Crippen LogP contribution in [0.15, 0.2) is 29.2 Å². The molecule has 7 nitrogen and oxygen atoms in total. The van der Waals surface area contributed by atoms with E-state index in [2.05, 4.69) is 12.2 Å². The van der Waals surface area contributed by atoms with Gasteiger partial charge in [-0.05, 0) is 67.9 Å². The lowest BCUT2D eigenvalue weighted by Crippen LogP contribution is -2.38. The minimum atomic E-state index is -3.62. The third-order valence-electron chi connectivity index (χ3n) is 6.87. The van der Waals surface area contributed by atoms with E-state index in [-0.39, 0.29) is 10.9 Å². The number of hydrogen-bond donors (Lipinski definition) is 2. The van der Waals surface area contributed by atoms with Gasteiger partial charge in [-0.3, -0.25) is 9.59 Å². The van der Waals surface area contributed by atoms with Gasteiger partial charge in [0.15, 0.2) is 0 Å². The third-order valence-corrected chi connectivity index (χ3v) is 9.96. The molecule has 4 rings (SSSR count). The van der Waals surface area contributed by atoms with Crippen molar-refractivity contribution in [1.29, 1.82) is 0 Å². The average molecular weight is 490 g/mol. The Balaban J connectivity index is 1.52. The lowest BCUT2D eigenvalue weighted by Gasteiger charge is -2.30. The second-order valence-electron chi connectivity index (χ2n) is 9.21. The molecule has 1 fully saturated rings. The summed E-state index contributed by atoms with van der Waals surface area (Å²) < 4.78 is 27.5. The monoisotopic (exact) mass is 489 g/mol. The van der Waals surface area contributed by atoms with Gasteiger partial charge in [0.25, 0.3) is 11.8 Å². The molecule has 1 aromatic carbocycles. The fourth-order valence-corrected chi connectivity index (χ4v) is 7.69. The minimum Gasteiger partial charge on any atom is -0.365 e. The molecule has 0 aliphatic heterocycles. The Morgan fingerprint density at radius 2 is 1.76 bits per heavy atom. The number of anilines is 1. The van der Waals surface area contributed by atoms with Crippen LogP contribution < -0.4 is 11.1 Å². The summed E-state index contributed by atoms with van der Waals surface area (Å²) in [5, 5.41) is 3.30. The largest absolute Gasteiger partial charge is 0.365 e. The number of hydrogen-bond acceptors (Lipinski definition) is 5. The zero-order valence-electron chi connectivity index (χ0n) is 19.1. The second kappa shape index (κ2) is 9.56. The first kappa shape index (κ1) is 23.9. The molecule has 3 N–H and O–H groups in total. The molecule has 178 valence electrons. The molecule has 2 amide bonds. The molecule has 0 bridgehead atoms. The smallest absolute Gasteiger partial charge is 0.256 e. The summed E-state index contributed by atoms with van der Waals surface area (Å²) in [6.07, 6.45) is 7.63. The highest BCUT2D eigenvalue weighted by molar-refractivity contribution is 7.89. The third kappa shape index (κ3) is 4.85. The molecule has 0 radical (unpaired) electrons. The maximum Gasteiger partial charge on any atom is 0.256 e. The zero-order valence-corrected chi connectivity index (χ0v) is 20.7. The summed E-state index contributed by atoms with van der Waals surface area (Å²) in [6, 6.07) is 5.98. The minimum absolute atomic E-state index is 0.0199. The van der Waals surface area contributed by atoms with Gasteiger partial charge in [0.05, 0.1) is 10.5 Å². The number of sulfonamides is 1. The Bertz CT molecular complexity index is 1150. The number of thiophene rings is 1. The molecule has 33 heavy (non-hydrogen) atoms. The van der Waals surface area contributed by atoms with Gasteiger partial charge in [-0.1, -0.05) is 26.2 Å². The van der Waals surface area contributed by atoms with Gasteiger partial charge in [0, 0.05) is 23.5 Å². The van der Waals surface area contributed by atoms with Crippen LogP contribution in [0.3, 0.4) is 0 Å². The van der Waals surface area contributed by atoms with Crippen LogP contribution in [0, 0.1) is 5.92 Å². The molecule has 0 spiro atoms. The summed E-state index contributed by atoms with van der Waals surface area (Å²) in [6.45, 7) is 2.17. The van der Waals surface area contributed by atoms with Gasteiger partial charge in [0.1, 0.15) is 5.00 Å². The summed E-state index contributed by atoms with van der Waals surface area (Å²) >= 11 is 1.41. The number of benzene rings is 1. The van der Waals surface area contributed by atoms with Crippen molar-refractivity contribution in [3.05, 3.63) is 45.8 Å². The summed E-state index contributed by atoms with van der Waals surface area (Å²) in [4.78, 5) is 26.3. The lowest BCUT2D eigenvalue weighted by molar-refractivity contribution is 0.1000. The Hall–Kier alpha value is -2.23. The van der Waals surface area contributed by atoms with Crippen molar-refractivity contribution < 1.29 is 18.0 Å². The number of nitrogens with one attached hydrogen (secondary N) is 1. The Kier molecular flexibility index (Phi) is 6.93. The summed E-state index contributed by atoms with van der Waals surface area (Å²) in [7, 11) is -1.99. The van der Waals surface area contributed by atoms with E-state index in [4.69, 9.17) is 5.73 Å². The topological polar surface area (TPSA) is 110 Å². The molecule has 0 saturated heterocycles. The van der Waals surface area contributed by atoms with E-state index in [9.17, 15) is 18.0 Å². The van der Waals surface area contributed by atoms with E-state index >= 15 is 0 Å². The average Bonchev–Trinajstić information content (AvgIpc) is 3.16. The van der Waals surface area contributed by atoms with Gasteiger partial charge < -0.3 is 11.1 Å². The molecular weight excluding hydrogens is 458 g/mol. The Morgan fingerprint density at radius 1 is 1.09 bits per heavy atom. The number of fused-ring (bicyclic) bond motifs is 1. The molecule has 1 heterocycles. The first-order valence-electron chi connectivity index (χ1n) is 11.5. The molecule has 1 unspecified atom stereocenters. The fraction of sp³-hybridized carbons (Fsp3) is 0.500. The molecular formula is C24H31N3O4S2. The van der Waals surface area contributed by atoms with Crippen LogP contribution >= 0.6 is 11.3 Å². The van der Waals surface area contributed by atoms with Crippen LogP contribution in [-0.2, 0) is 22.9 Å². The molecule has 2 aliphatic carbocycles. The van der Waals surface area contributed by atoms with Gasteiger partial charge in [-0.2, -0.15) is 4.31 Å². The predicted octanol–water partition coefficient (Wildman–Crippen LogP) is 4.18. The number of rotatable bonds is 6. The zero-order chi connectivity index (χ0) is 23.8. The second-order valence-corrected chi connectivity index (χ2v) is 12.3. The van der Waals surface area contributed by atoms with Crippen LogP contribution in [0.1, 0.15) is 76.6 Å². The maximum atomic E-state index is 13.0. The summed E-state index contributed by atoms with van der Waals surface area (Å²) in [5.41, 5.74) is 7.32. The number of amides is 2. The highest BCUT2D eigenvalue weighted by atomic mass is 32.2.